The number of thioether (sulfide) groups is 1. The zero-order valence-electron chi connectivity index (χ0n) is 11.1. The molecule has 0 aliphatic heterocycles. The first kappa shape index (κ1) is 15.3. The molecule has 0 spiro atoms. The zero-order chi connectivity index (χ0) is 15.5. The monoisotopic (exact) mass is 354 g/mol. The average Bonchev–Trinajstić information content (AvgIpc) is 2.95. The second-order valence-electron chi connectivity index (χ2n) is 4.41. The van der Waals surface area contributed by atoms with Crippen molar-refractivity contribution < 1.29 is 8.81 Å². The minimum absolute atomic E-state index is 0.258. The van der Waals surface area contributed by atoms with Gasteiger partial charge in [-0.15, -0.1) is 10.2 Å². The van der Waals surface area contributed by atoms with E-state index in [4.69, 9.17) is 27.6 Å². The number of aromatic nitrogens is 2. The standard InChI is InChI=1S/C15H9Cl2FN2OS/c16-10-3-6-12(13(17)7-10)14-19-20-15(21-14)22-8-9-1-4-11(18)5-2-9/h1-7H,8H2. The Kier molecular flexibility index (Phi) is 4.66. The molecule has 0 amide bonds. The Morgan fingerprint density at radius 1 is 1.05 bits per heavy atom. The van der Waals surface area contributed by atoms with Gasteiger partial charge in [-0.1, -0.05) is 47.1 Å². The van der Waals surface area contributed by atoms with Crippen molar-refractivity contribution in [2.75, 3.05) is 0 Å². The topological polar surface area (TPSA) is 38.9 Å². The molecule has 0 radical (unpaired) electrons. The Bertz CT molecular complexity index is 792. The van der Waals surface area contributed by atoms with Crippen molar-refractivity contribution in [1.82, 2.24) is 10.2 Å². The molecule has 112 valence electrons. The van der Waals surface area contributed by atoms with Crippen molar-refractivity contribution in [1.29, 1.82) is 0 Å². The first-order valence-electron chi connectivity index (χ1n) is 6.28. The van der Waals surface area contributed by atoms with Crippen LogP contribution in [0.4, 0.5) is 4.39 Å². The molecule has 7 heteroatoms. The van der Waals surface area contributed by atoms with Crippen molar-refractivity contribution in [2.45, 2.75) is 11.0 Å². The highest BCUT2D eigenvalue weighted by Gasteiger charge is 2.12. The van der Waals surface area contributed by atoms with Gasteiger partial charge in [-0.25, -0.2) is 4.39 Å². The van der Waals surface area contributed by atoms with Crippen LogP contribution in [0.15, 0.2) is 52.1 Å². The Morgan fingerprint density at radius 3 is 2.55 bits per heavy atom. The van der Waals surface area contributed by atoms with Gasteiger partial charge in [0.1, 0.15) is 5.82 Å². The molecule has 0 N–H and O–H groups in total. The molecule has 1 heterocycles. The van der Waals surface area contributed by atoms with E-state index in [-0.39, 0.29) is 5.82 Å². The van der Waals surface area contributed by atoms with Gasteiger partial charge in [0.05, 0.1) is 10.6 Å². The smallest absolute Gasteiger partial charge is 0.277 e. The Balaban J connectivity index is 1.72. The van der Waals surface area contributed by atoms with Gasteiger partial charge in [0, 0.05) is 10.8 Å². The first-order chi connectivity index (χ1) is 10.6. The van der Waals surface area contributed by atoms with E-state index in [0.29, 0.717) is 32.5 Å². The van der Waals surface area contributed by atoms with Crippen LogP contribution in [0.5, 0.6) is 0 Å². The normalized spacial score (nSPS) is 10.9. The second-order valence-corrected chi connectivity index (χ2v) is 6.18. The third-order valence-electron chi connectivity index (χ3n) is 2.84. The van der Waals surface area contributed by atoms with Gasteiger partial charge in [-0.05, 0) is 35.9 Å². The number of hydrogen-bond donors (Lipinski definition) is 0. The summed E-state index contributed by atoms with van der Waals surface area (Å²) in [7, 11) is 0. The minimum atomic E-state index is -0.258. The molecule has 0 bridgehead atoms. The van der Waals surface area contributed by atoms with Crippen LogP contribution in [0, 0.1) is 5.82 Å². The zero-order valence-corrected chi connectivity index (χ0v) is 13.4. The molecule has 0 saturated heterocycles. The Morgan fingerprint density at radius 2 is 1.82 bits per heavy atom. The van der Waals surface area contributed by atoms with Crippen LogP contribution in [0.25, 0.3) is 11.5 Å². The van der Waals surface area contributed by atoms with E-state index in [1.165, 1.54) is 23.9 Å². The predicted octanol–water partition coefficient (Wildman–Crippen LogP) is 5.47. The summed E-state index contributed by atoms with van der Waals surface area (Å²) in [5.41, 5.74) is 1.60. The summed E-state index contributed by atoms with van der Waals surface area (Å²) >= 11 is 13.3. The van der Waals surface area contributed by atoms with Gasteiger partial charge in [0.25, 0.3) is 5.22 Å². The molecule has 0 unspecified atom stereocenters. The molecule has 0 aliphatic carbocycles. The number of rotatable bonds is 4. The summed E-state index contributed by atoms with van der Waals surface area (Å²) in [4.78, 5) is 0. The highest BCUT2D eigenvalue weighted by atomic mass is 35.5. The van der Waals surface area contributed by atoms with E-state index in [2.05, 4.69) is 10.2 Å². The maximum atomic E-state index is 12.8. The van der Waals surface area contributed by atoms with Crippen LogP contribution in [-0.4, -0.2) is 10.2 Å². The lowest BCUT2D eigenvalue weighted by Gasteiger charge is -1.99. The van der Waals surface area contributed by atoms with E-state index in [9.17, 15) is 4.39 Å². The molecule has 3 nitrogen and oxygen atoms in total. The summed E-state index contributed by atoms with van der Waals surface area (Å²) in [5, 5.41) is 9.36. The number of benzene rings is 2. The van der Waals surface area contributed by atoms with E-state index in [0.717, 1.165) is 5.56 Å². The van der Waals surface area contributed by atoms with Crippen LogP contribution >= 0.6 is 35.0 Å². The van der Waals surface area contributed by atoms with Crippen molar-refractivity contribution >= 4 is 35.0 Å². The molecule has 0 aliphatic rings. The lowest BCUT2D eigenvalue weighted by Crippen LogP contribution is -1.81. The molecule has 1 aromatic heterocycles. The van der Waals surface area contributed by atoms with Crippen molar-refractivity contribution in [3.63, 3.8) is 0 Å². The predicted molar refractivity (Wildman–Crippen MR) is 85.7 cm³/mol. The Hall–Kier alpha value is -1.56. The van der Waals surface area contributed by atoms with Gasteiger partial charge < -0.3 is 4.42 Å². The number of halogens is 3. The largest absolute Gasteiger partial charge is 0.411 e. The highest BCUT2D eigenvalue weighted by molar-refractivity contribution is 7.98. The van der Waals surface area contributed by atoms with Crippen LogP contribution in [0.2, 0.25) is 10.0 Å². The van der Waals surface area contributed by atoms with Crippen LogP contribution in [0.3, 0.4) is 0 Å². The average molecular weight is 355 g/mol. The summed E-state index contributed by atoms with van der Waals surface area (Å²) < 4.78 is 18.4. The lowest BCUT2D eigenvalue weighted by atomic mass is 10.2. The molecule has 3 rings (SSSR count). The van der Waals surface area contributed by atoms with Crippen LogP contribution < -0.4 is 0 Å². The fourth-order valence-electron chi connectivity index (χ4n) is 1.77. The second kappa shape index (κ2) is 6.69. The maximum Gasteiger partial charge on any atom is 0.277 e. The first-order valence-corrected chi connectivity index (χ1v) is 8.02. The SMILES string of the molecule is Fc1ccc(CSc2nnc(-c3ccc(Cl)cc3Cl)o2)cc1. The molecule has 3 aromatic rings. The van der Waals surface area contributed by atoms with Gasteiger partial charge in [0.15, 0.2) is 0 Å². The molecular formula is C15H9Cl2FN2OS. The maximum absolute atomic E-state index is 12.8. The fourth-order valence-corrected chi connectivity index (χ4v) is 2.97. The van der Waals surface area contributed by atoms with E-state index >= 15 is 0 Å². The number of nitrogens with zero attached hydrogens (tertiary/aromatic N) is 2. The van der Waals surface area contributed by atoms with Crippen LogP contribution in [-0.2, 0) is 5.75 Å². The lowest BCUT2D eigenvalue weighted by molar-refractivity contribution is 0.466. The van der Waals surface area contributed by atoms with Crippen molar-refractivity contribution in [2.24, 2.45) is 0 Å². The van der Waals surface area contributed by atoms with Gasteiger partial charge in [0.2, 0.25) is 5.89 Å². The van der Waals surface area contributed by atoms with Gasteiger partial charge in [-0.2, -0.15) is 0 Å². The molecule has 2 aromatic carbocycles. The number of hydrogen-bond acceptors (Lipinski definition) is 4. The van der Waals surface area contributed by atoms with E-state index in [1.807, 2.05) is 0 Å². The van der Waals surface area contributed by atoms with E-state index in [1.54, 1.807) is 30.3 Å². The highest BCUT2D eigenvalue weighted by Crippen LogP contribution is 2.31. The molecule has 0 atom stereocenters. The van der Waals surface area contributed by atoms with Crippen LogP contribution in [0.1, 0.15) is 5.56 Å². The van der Waals surface area contributed by atoms with E-state index < -0.39 is 0 Å². The third-order valence-corrected chi connectivity index (χ3v) is 4.28. The molecule has 0 fully saturated rings. The summed E-state index contributed by atoms with van der Waals surface area (Å²) in [6, 6.07) is 11.3. The fraction of sp³-hybridized carbons (Fsp3) is 0.0667. The van der Waals surface area contributed by atoms with Gasteiger partial charge >= 0.3 is 0 Å². The molecule has 22 heavy (non-hydrogen) atoms. The van der Waals surface area contributed by atoms with Gasteiger partial charge in [-0.3, -0.25) is 0 Å². The third kappa shape index (κ3) is 3.61. The van der Waals surface area contributed by atoms with Crippen molar-refractivity contribution in [3.8, 4) is 11.5 Å². The Labute approximate surface area is 140 Å². The summed E-state index contributed by atoms with van der Waals surface area (Å²) in [6.07, 6.45) is 0. The van der Waals surface area contributed by atoms with Crippen molar-refractivity contribution in [3.05, 3.63) is 63.9 Å². The molecule has 0 saturated carbocycles. The quantitative estimate of drug-likeness (QED) is 0.582. The molecular weight excluding hydrogens is 346 g/mol. The summed E-state index contributed by atoms with van der Waals surface area (Å²) in [6.45, 7) is 0. The minimum Gasteiger partial charge on any atom is -0.411 e. The summed E-state index contributed by atoms with van der Waals surface area (Å²) in [5.74, 6) is 0.686.